The van der Waals surface area contributed by atoms with Crippen molar-refractivity contribution in [2.75, 3.05) is 11.1 Å². The van der Waals surface area contributed by atoms with Crippen LogP contribution in [0.3, 0.4) is 0 Å². The van der Waals surface area contributed by atoms with E-state index in [9.17, 15) is 9.90 Å². The Hall–Kier alpha value is -4.65. The van der Waals surface area contributed by atoms with Crippen molar-refractivity contribution >= 4 is 28.3 Å². The lowest BCUT2D eigenvalue weighted by Gasteiger charge is -2.10. The quantitative estimate of drug-likeness (QED) is 0.351. The second-order valence-corrected chi connectivity index (χ2v) is 7.19. The summed E-state index contributed by atoms with van der Waals surface area (Å²) in [7, 11) is 0. The minimum Gasteiger partial charge on any atom is -0.507 e. The van der Waals surface area contributed by atoms with E-state index in [4.69, 9.17) is 10.2 Å². The molecule has 3 aromatic carbocycles. The van der Waals surface area contributed by atoms with Crippen LogP contribution in [0.1, 0.15) is 0 Å². The minimum absolute atomic E-state index is 0.116. The normalized spacial score (nSPS) is 10.9. The van der Waals surface area contributed by atoms with Crippen LogP contribution in [0.15, 0.2) is 94.1 Å². The van der Waals surface area contributed by atoms with E-state index in [-0.39, 0.29) is 11.7 Å². The number of para-hydroxylation sites is 2. The molecule has 7 nitrogen and oxygen atoms in total. The van der Waals surface area contributed by atoms with Gasteiger partial charge in [-0.2, -0.15) is 0 Å². The van der Waals surface area contributed by atoms with E-state index in [1.807, 2.05) is 48.5 Å². The van der Waals surface area contributed by atoms with Crippen molar-refractivity contribution in [3.63, 3.8) is 0 Å². The summed E-state index contributed by atoms with van der Waals surface area (Å²) in [4.78, 5) is 20.5. The molecule has 0 fully saturated rings. The third-order valence-electron chi connectivity index (χ3n) is 5.03. The molecule has 4 N–H and O–H groups in total. The lowest BCUT2D eigenvalue weighted by Crippen LogP contribution is -2.01. The molecule has 0 aliphatic heterocycles. The smallest absolute Gasteiger partial charge is 0.338 e. The van der Waals surface area contributed by atoms with Gasteiger partial charge in [0.1, 0.15) is 11.3 Å². The van der Waals surface area contributed by atoms with Crippen LogP contribution in [0.2, 0.25) is 0 Å². The van der Waals surface area contributed by atoms with E-state index in [0.717, 1.165) is 16.6 Å². The van der Waals surface area contributed by atoms with Crippen LogP contribution in [-0.2, 0) is 0 Å². The second-order valence-electron chi connectivity index (χ2n) is 7.19. The van der Waals surface area contributed by atoms with Gasteiger partial charge in [-0.05, 0) is 42.5 Å². The van der Waals surface area contributed by atoms with Crippen LogP contribution < -0.4 is 16.7 Å². The highest BCUT2D eigenvalue weighted by atomic mass is 16.4. The zero-order valence-electron chi connectivity index (χ0n) is 16.8. The third-order valence-corrected chi connectivity index (χ3v) is 5.03. The minimum atomic E-state index is -0.420. The zero-order valence-corrected chi connectivity index (χ0v) is 16.8. The molecule has 7 heteroatoms. The Kier molecular flexibility index (Phi) is 4.76. The predicted molar refractivity (Wildman–Crippen MR) is 125 cm³/mol. The molecule has 0 aliphatic rings. The average molecular weight is 422 g/mol. The molecule has 5 aromatic rings. The van der Waals surface area contributed by atoms with Crippen molar-refractivity contribution in [1.29, 1.82) is 0 Å². The van der Waals surface area contributed by atoms with E-state index in [2.05, 4.69) is 15.3 Å². The summed E-state index contributed by atoms with van der Waals surface area (Å²) in [5.74, 6) is 0.237. The summed E-state index contributed by atoms with van der Waals surface area (Å²) in [6, 6.07) is 25.1. The monoisotopic (exact) mass is 422 g/mol. The van der Waals surface area contributed by atoms with Crippen molar-refractivity contribution in [3.8, 4) is 28.3 Å². The highest BCUT2D eigenvalue weighted by molar-refractivity contribution is 5.91. The van der Waals surface area contributed by atoms with Crippen LogP contribution in [0.4, 0.5) is 17.3 Å². The number of rotatable bonds is 4. The van der Waals surface area contributed by atoms with Gasteiger partial charge in [0.05, 0.1) is 17.1 Å². The lowest BCUT2D eigenvalue weighted by atomic mass is 10.1. The van der Waals surface area contributed by atoms with E-state index in [1.54, 1.807) is 30.3 Å². The molecule has 0 spiro atoms. The zero-order chi connectivity index (χ0) is 22.1. The van der Waals surface area contributed by atoms with Gasteiger partial charge >= 0.3 is 5.63 Å². The molecule has 0 aliphatic carbocycles. The maximum atomic E-state index is 11.9. The molecule has 2 aromatic heterocycles. The molecule has 0 saturated heterocycles. The van der Waals surface area contributed by atoms with Gasteiger partial charge in [-0.3, -0.25) is 0 Å². The number of fused-ring (bicyclic) bond motifs is 1. The fourth-order valence-corrected chi connectivity index (χ4v) is 3.54. The van der Waals surface area contributed by atoms with Gasteiger partial charge in [0.25, 0.3) is 0 Å². The molecule has 0 amide bonds. The molecule has 0 radical (unpaired) electrons. The summed E-state index contributed by atoms with van der Waals surface area (Å²) in [5, 5.41) is 14.2. The fourth-order valence-electron chi connectivity index (χ4n) is 3.54. The Bertz CT molecular complexity index is 1490. The van der Waals surface area contributed by atoms with Crippen LogP contribution in [0, 0.1) is 0 Å². The maximum Gasteiger partial charge on any atom is 0.338 e. The second kappa shape index (κ2) is 7.88. The predicted octanol–water partition coefficient (Wildman–Crippen LogP) is 4.95. The van der Waals surface area contributed by atoms with Gasteiger partial charge in [0, 0.05) is 28.3 Å². The number of benzene rings is 3. The number of phenolic OH excluding ortho intramolecular Hbond substituents is 1. The van der Waals surface area contributed by atoms with Gasteiger partial charge in [-0.15, -0.1) is 0 Å². The highest BCUT2D eigenvalue weighted by Crippen LogP contribution is 2.31. The highest BCUT2D eigenvalue weighted by Gasteiger charge is 2.11. The van der Waals surface area contributed by atoms with Crippen LogP contribution in [0.5, 0.6) is 5.75 Å². The number of nitrogens with one attached hydrogen (secondary N) is 1. The molecule has 2 heterocycles. The number of aromatic hydroxyl groups is 1. The Morgan fingerprint density at radius 2 is 1.56 bits per heavy atom. The number of nitrogen functional groups attached to an aromatic ring is 1. The van der Waals surface area contributed by atoms with Crippen LogP contribution in [-0.4, -0.2) is 15.1 Å². The molecule has 0 bridgehead atoms. The van der Waals surface area contributed by atoms with E-state index in [1.165, 1.54) is 6.07 Å². The number of anilines is 3. The molecule has 156 valence electrons. The molecule has 0 saturated carbocycles. The number of nitrogens with two attached hydrogens (primary N) is 1. The summed E-state index contributed by atoms with van der Waals surface area (Å²) >= 11 is 0. The number of phenols is 1. The van der Waals surface area contributed by atoms with Crippen molar-refractivity contribution in [3.05, 3.63) is 95.3 Å². The summed E-state index contributed by atoms with van der Waals surface area (Å²) in [5.41, 5.74) is 10.1. The fraction of sp³-hybridized carbons (Fsp3) is 0. The standard InChI is InChI=1S/C25H18N4O3/c26-25-28-19(13-20(29-25)17-5-1-3-7-22(17)30)15-9-11-16(12-10-15)27-21-14-24(31)32-23-8-4-2-6-18(21)23/h1-14,27,30H,(H2,26,28,29). The molecular weight excluding hydrogens is 404 g/mol. The van der Waals surface area contributed by atoms with Crippen molar-refractivity contribution in [2.24, 2.45) is 0 Å². The van der Waals surface area contributed by atoms with Gasteiger partial charge in [-0.25, -0.2) is 14.8 Å². The number of nitrogens with zero attached hydrogens (tertiary/aromatic N) is 2. The van der Waals surface area contributed by atoms with Crippen molar-refractivity contribution in [2.45, 2.75) is 0 Å². The topological polar surface area (TPSA) is 114 Å². The first-order valence-electron chi connectivity index (χ1n) is 9.90. The maximum absolute atomic E-state index is 11.9. The van der Waals surface area contributed by atoms with Gasteiger partial charge in [0.15, 0.2) is 0 Å². The van der Waals surface area contributed by atoms with Crippen molar-refractivity contribution in [1.82, 2.24) is 9.97 Å². The first kappa shape index (κ1) is 19.3. The average Bonchev–Trinajstić information content (AvgIpc) is 2.79. The molecule has 32 heavy (non-hydrogen) atoms. The van der Waals surface area contributed by atoms with E-state index in [0.29, 0.717) is 28.2 Å². The summed E-state index contributed by atoms with van der Waals surface area (Å²) in [6.07, 6.45) is 0. The van der Waals surface area contributed by atoms with Crippen molar-refractivity contribution < 1.29 is 9.52 Å². The lowest BCUT2D eigenvalue weighted by molar-refractivity contribution is 0.477. The van der Waals surface area contributed by atoms with Crippen LogP contribution in [0.25, 0.3) is 33.5 Å². The number of aromatic nitrogens is 2. The molecule has 0 atom stereocenters. The molecule has 0 unspecified atom stereocenters. The van der Waals surface area contributed by atoms with Gasteiger partial charge < -0.3 is 20.6 Å². The SMILES string of the molecule is Nc1nc(-c2ccc(Nc3cc(=O)oc4ccccc34)cc2)cc(-c2ccccc2O)n1. The van der Waals surface area contributed by atoms with E-state index < -0.39 is 5.63 Å². The summed E-state index contributed by atoms with van der Waals surface area (Å²) in [6.45, 7) is 0. The Balaban J connectivity index is 1.47. The number of hydrogen-bond acceptors (Lipinski definition) is 7. The largest absolute Gasteiger partial charge is 0.507 e. The molecular formula is C25H18N4O3. The van der Waals surface area contributed by atoms with Crippen LogP contribution >= 0.6 is 0 Å². The Morgan fingerprint density at radius 3 is 2.38 bits per heavy atom. The first-order chi connectivity index (χ1) is 15.6. The van der Waals surface area contributed by atoms with Gasteiger partial charge in [0.2, 0.25) is 5.95 Å². The first-order valence-corrected chi connectivity index (χ1v) is 9.90. The third kappa shape index (κ3) is 3.75. The Labute approximate surface area is 182 Å². The van der Waals surface area contributed by atoms with E-state index >= 15 is 0 Å². The Morgan fingerprint density at radius 1 is 0.844 bits per heavy atom. The summed E-state index contributed by atoms with van der Waals surface area (Å²) < 4.78 is 5.24. The van der Waals surface area contributed by atoms with Gasteiger partial charge in [-0.1, -0.05) is 36.4 Å². The number of hydrogen-bond donors (Lipinski definition) is 3. The molecule has 5 rings (SSSR count).